The van der Waals surface area contributed by atoms with E-state index < -0.39 is 0 Å². The van der Waals surface area contributed by atoms with Crippen LogP contribution in [0.5, 0.6) is 0 Å². The van der Waals surface area contributed by atoms with Crippen molar-refractivity contribution < 1.29 is 9.59 Å². The normalized spacial score (nSPS) is 20.5. The number of fused-ring (bicyclic) bond motifs is 2. The minimum atomic E-state index is -0.0893. The van der Waals surface area contributed by atoms with Gasteiger partial charge in [-0.05, 0) is 59.9 Å². The molecule has 2 aliphatic carbocycles. The van der Waals surface area contributed by atoms with Crippen molar-refractivity contribution in [3.05, 3.63) is 70.3 Å². The van der Waals surface area contributed by atoms with E-state index in [2.05, 4.69) is 53.1 Å². The van der Waals surface area contributed by atoms with Gasteiger partial charge in [-0.1, -0.05) is 63.2 Å². The molecule has 30 heavy (non-hydrogen) atoms. The zero-order valence-electron chi connectivity index (χ0n) is 18.2. The van der Waals surface area contributed by atoms with Crippen molar-refractivity contribution in [2.75, 3.05) is 0 Å². The number of carbonyl (C=O) groups is 2. The van der Waals surface area contributed by atoms with Crippen LogP contribution in [-0.2, 0) is 28.9 Å². The molecule has 2 N–H and O–H groups in total. The lowest BCUT2D eigenvalue weighted by Gasteiger charge is -2.20. The van der Waals surface area contributed by atoms with Crippen molar-refractivity contribution in [1.29, 1.82) is 0 Å². The number of hydrogen-bond donors (Lipinski definition) is 2. The third kappa shape index (κ3) is 4.14. The van der Waals surface area contributed by atoms with Gasteiger partial charge in [0.25, 0.3) is 0 Å². The molecular formula is C26H32N2O2. The summed E-state index contributed by atoms with van der Waals surface area (Å²) in [5.74, 6) is 0.120. The highest BCUT2D eigenvalue weighted by Crippen LogP contribution is 2.35. The van der Waals surface area contributed by atoms with E-state index in [-0.39, 0.29) is 35.7 Å². The van der Waals surface area contributed by atoms with Gasteiger partial charge in [0.05, 0.1) is 12.1 Å². The fourth-order valence-electron chi connectivity index (χ4n) is 4.85. The smallest absolute Gasteiger partial charge is 0.223 e. The zero-order chi connectivity index (χ0) is 21.3. The maximum atomic E-state index is 12.9. The highest BCUT2D eigenvalue weighted by atomic mass is 16.2. The fourth-order valence-corrected chi connectivity index (χ4v) is 4.85. The molecule has 3 atom stereocenters. The van der Waals surface area contributed by atoms with Gasteiger partial charge in [-0.2, -0.15) is 0 Å². The molecule has 0 radical (unpaired) electrons. The van der Waals surface area contributed by atoms with Gasteiger partial charge in [0.2, 0.25) is 11.8 Å². The summed E-state index contributed by atoms with van der Waals surface area (Å²) in [4.78, 5) is 25.1. The second-order valence-corrected chi connectivity index (χ2v) is 9.14. The summed E-state index contributed by atoms with van der Waals surface area (Å²) < 4.78 is 0. The highest BCUT2D eigenvalue weighted by Gasteiger charge is 2.29. The largest absolute Gasteiger partial charge is 0.349 e. The minimum Gasteiger partial charge on any atom is -0.349 e. The lowest BCUT2D eigenvalue weighted by Crippen LogP contribution is -2.33. The van der Waals surface area contributed by atoms with Gasteiger partial charge in [0.1, 0.15) is 0 Å². The molecular weight excluding hydrogens is 372 g/mol. The van der Waals surface area contributed by atoms with Gasteiger partial charge >= 0.3 is 0 Å². The topological polar surface area (TPSA) is 58.2 Å². The maximum absolute atomic E-state index is 12.9. The van der Waals surface area contributed by atoms with Crippen LogP contribution in [0.4, 0.5) is 0 Å². The number of rotatable bonds is 6. The Labute approximate surface area is 179 Å². The summed E-state index contributed by atoms with van der Waals surface area (Å²) in [6.45, 7) is 5.86. The second-order valence-electron chi connectivity index (χ2n) is 9.14. The molecule has 0 aliphatic heterocycles. The molecule has 0 bridgehead atoms. The number of amides is 2. The molecule has 0 heterocycles. The SMILES string of the molecule is CC(C)C(=O)N[C@@H]1CCc2c(CC(C)C(=O)N[C@H]3CCc4ccccc43)cccc21. The molecule has 0 saturated carbocycles. The lowest BCUT2D eigenvalue weighted by atomic mass is 9.93. The number of carbonyl (C=O) groups excluding carboxylic acids is 2. The molecule has 0 saturated heterocycles. The first-order valence-electron chi connectivity index (χ1n) is 11.2. The first kappa shape index (κ1) is 20.6. The van der Waals surface area contributed by atoms with E-state index in [9.17, 15) is 9.59 Å². The third-order valence-corrected chi connectivity index (χ3v) is 6.63. The van der Waals surface area contributed by atoms with Crippen LogP contribution >= 0.6 is 0 Å². The fraction of sp³-hybridized carbons (Fsp3) is 0.462. The maximum Gasteiger partial charge on any atom is 0.223 e. The van der Waals surface area contributed by atoms with Gasteiger partial charge < -0.3 is 10.6 Å². The Hall–Kier alpha value is -2.62. The van der Waals surface area contributed by atoms with E-state index >= 15 is 0 Å². The summed E-state index contributed by atoms with van der Waals surface area (Å²) in [6.07, 6.45) is 4.64. The molecule has 1 unspecified atom stereocenters. The quantitative estimate of drug-likeness (QED) is 0.748. The number of nitrogens with one attached hydrogen (secondary N) is 2. The van der Waals surface area contributed by atoms with Gasteiger partial charge in [-0.15, -0.1) is 0 Å². The van der Waals surface area contributed by atoms with Crippen molar-refractivity contribution in [2.45, 2.75) is 65.0 Å². The monoisotopic (exact) mass is 404 g/mol. The summed E-state index contributed by atoms with van der Waals surface area (Å²) in [5.41, 5.74) is 6.40. The first-order chi connectivity index (χ1) is 14.4. The van der Waals surface area contributed by atoms with E-state index in [1.165, 1.54) is 27.8 Å². The van der Waals surface area contributed by atoms with Crippen LogP contribution in [-0.4, -0.2) is 11.8 Å². The average Bonchev–Trinajstić information content (AvgIpc) is 3.33. The summed E-state index contributed by atoms with van der Waals surface area (Å²) in [6, 6.07) is 15.0. The minimum absolute atomic E-state index is 0.0123. The Morgan fingerprint density at radius 2 is 1.53 bits per heavy atom. The predicted octanol–water partition coefficient (Wildman–Crippen LogP) is 4.43. The lowest BCUT2D eigenvalue weighted by molar-refractivity contribution is -0.125. The zero-order valence-corrected chi connectivity index (χ0v) is 18.2. The standard InChI is InChI=1S/C26H32N2O2/c1-16(2)25(29)27-24-14-12-20-19(8-6-10-22(20)24)15-17(3)26(30)28-23-13-11-18-7-4-5-9-21(18)23/h4-10,16-17,23-24H,11-15H2,1-3H3,(H,27,29)(H,28,30)/t17?,23-,24+/m0/s1. The Kier molecular flexibility index (Phi) is 5.94. The molecule has 2 aromatic rings. The Balaban J connectivity index is 1.42. The molecule has 0 spiro atoms. The number of hydrogen-bond acceptors (Lipinski definition) is 2. The molecule has 0 aromatic heterocycles. The summed E-state index contributed by atoms with van der Waals surface area (Å²) in [5, 5.41) is 6.45. The van der Waals surface area contributed by atoms with E-state index in [0.717, 1.165) is 32.1 Å². The molecule has 0 fully saturated rings. The van der Waals surface area contributed by atoms with Crippen LogP contribution in [0.15, 0.2) is 42.5 Å². The van der Waals surface area contributed by atoms with Crippen molar-refractivity contribution in [3.63, 3.8) is 0 Å². The van der Waals surface area contributed by atoms with Crippen molar-refractivity contribution in [1.82, 2.24) is 10.6 Å². The van der Waals surface area contributed by atoms with Crippen LogP contribution < -0.4 is 10.6 Å². The molecule has 2 aliphatic rings. The van der Waals surface area contributed by atoms with Crippen molar-refractivity contribution in [3.8, 4) is 0 Å². The number of benzene rings is 2. The van der Waals surface area contributed by atoms with E-state index in [1.807, 2.05) is 20.8 Å². The second kappa shape index (κ2) is 8.63. The first-order valence-corrected chi connectivity index (χ1v) is 11.2. The molecule has 4 rings (SSSR count). The molecule has 158 valence electrons. The third-order valence-electron chi connectivity index (χ3n) is 6.63. The van der Waals surface area contributed by atoms with Crippen LogP contribution in [0.3, 0.4) is 0 Å². The van der Waals surface area contributed by atoms with Gasteiger partial charge in [-0.25, -0.2) is 0 Å². The van der Waals surface area contributed by atoms with Crippen molar-refractivity contribution in [2.24, 2.45) is 11.8 Å². The molecule has 4 heteroatoms. The van der Waals surface area contributed by atoms with Gasteiger partial charge in [-0.3, -0.25) is 9.59 Å². The van der Waals surface area contributed by atoms with Crippen molar-refractivity contribution >= 4 is 11.8 Å². The van der Waals surface area contributed by atoms with Crippen LogP contribution in [0.25, 0.3) is 0 Å². The molecule has 2 amide bonds. The van der Waals surface area contributed by atoms with Crippen LogP contribution in [0.2, 0.25) is 0 Å². The predicted molar refractivity (Wildman–Crippen MR) is 119 cm³/mol. The van der Waals surface area contributed by atoms with Crippen LogP contribution in [0, 0.1) is 11.8 Å². The summed E-state index contributed by atoms with van der Waals surface area (Å²) >= 11 is 0. The highest BCUT2D eigenvalue weighted by molar-refractivity contribution is 5.80. The molecule has 4 nitrogen and oxygen atoms in total. The van der Waals surface area contributed by atoms with Gasteiger partial charge in [0, 0.05) is 11.8 Å². The number of aryl methyl sites for hydroxylation is 1. The van der Waals surface area contributed by atoms with Crippen LogP contribution in [0.1, 0.15) is 73.5 Å². The van der Waals surface area contributed by atoms with E-state index in [0.29, 0.717) is 0 Å². The van der Waals surface area contributed by atoms with E-state index in [4.69, 9.17) is 0 Å². The Morgan fingerprint density at radius 3 is 2.33 bits per heavy atom. The van der Waals surface area contributed by atoms with E-state index in [1.54, 1.807) is 0 Å². The summed E-state index contributed by atoms with van der Waals surface area (Å²) in [7, 11) is 0. The Morgan fingerprint density at radius 1 is 0.867 bits per heavy atom. The van der Waals surface area contributed by atoms with Gasteiger partial charge in [0.15, 0.2) is 0 Å². The Bertz CT molecular complexity index is 950. The average molecular weight is 405 g/mol. The molecule has 2 aromatic carbocycles.